The molecule has 21 heteroatoms. The molecule has 56 heavy (non-hydrogen) atoms. The SMILES string of the molecule is C#CCOCCOCCOCCO[C@@H]1O[C@H](COC(C)=O)[C@@H](O[C@@H]2O[C@H](COC(C)=O)[C@H](OC(C)=O)[C@H](OC(C)=O)[C@H]2OC(C)=O)[C@H](OC(C)=O)[C@H]1OC(C)=O. The average molecular weight is 807 g/mol. The molecule has 0 aliphatic carbocycles. The van der Waals surface area contributed by atoms with Gasteiger partial charge in [0.05, 0.1) is 39.6 Å². The lowest BCUT2D eigenvalue weighted by atomic mass is 9.96. The predicted molar refractivity (Wildman–Crippen MR) is 180 cm³/mol. The molecule has 0 unspecified atom stereocenters. The van der Waals surface area contributed by atoms with E-state index in [1.165, 1.54) is 0 Å². The van der Waals surface area contributed by atoms with Crippen molar-refractivity contribution in [3.8, 4) is 12.3 Å². The zero-order chi connectivity index (χ0) is 41.8. The van der Waals surface area contributed by atoms with Crippen molar-refractivity contribution in [1.29, 1.82) is 0 Å². The molecule has 2 saturated heterocycles. The molecular formula is C35H50O21. The van der Waals surface area contributed by atoms with E-state index in [1.807, 2.05) is 0 Å². The number of terminal acetylenes is 1. The average Bonchev–Trinajstić information content (AvgIpc) is 3.09. The van der Waals surface area contributed by atoms with Gasteiger partial charge in [-0.25, -0.2) is 0 Å². The second-order valence-electron chi connectivity index (χ2n) is 12.0. The van der Waals surface area contributed by atoms with Crippen LogP contribution < -0.4 is 0 Å². The van der Waals surface area contributed by atoms with E-state index < -0.39 is 116 Å². The van der Waals surface area contributed by atoms with E-state index in [1.54, 1.807) is 0 Å². The van der Waals surface area contributed by atoms with E-state index in [4.69, 9.17) is 72.7 Å². The van der Waals surface area contributed by atoms with Gasteiger partial charge in [-0.1, -0.05) is 5.92 Å². The number of ether oxygens (including phenoxy) is 14. The van der Waals surface area contributed by atoms with Crippen molar-refractivity contribution in [3.63, 3.8) is 0 Å². The molecule has 0 aromatic rings. The van der Waals surface area contributed by atoms with E-state index in [-0.39, 0.29) is 33.0 Å². The highest BCUT2D eigenvalue weighted by atomic mass is 16.8. The lowest BCUT2D eigenvalue weighted by molar-refractivity contribution is -0.361. The molecule has 2 heterocycles. The van der Waals surface area contributed by atoms with Gasteiger partial charge in [0.25, 0.3) is 0 Å². The second-order valence-corrected chi connectivity index (χ2v) is 12.0. The van der Waals surface area contributed by atoms with Crippen LogP contribution in [0.15, 0.2) is 0 Å². The van der Waals surface area contributed by atoms with Crippen molar-refractivity contribution in [2.24, 2.45) is 0 Å². The van der Waals surface area contributed by atoms with Crippen LogP contribution in [0, 0.1) is 12.3 Å². The molecular weight excluding hydrogens is 756 g/mol. The smallest absolute Gasteiger partial charge is 0.303 e. The van der Waals surface area contributed by atoms with Gasteiger partial charge in [-0.3, -0.25) is 33.6 Å². The van der Waals surface area contributed by atoms with Gasteiger partial charge in [0.1, 0.15) is 38.1 Å². The fourth-order valence-electron chi connectivity index (χ4n) is 5.40. The molecule has 316 valence electrons. The van der Waals surface area contributed by atoms with Gasteiger partial charge in [-0.05, 0) is 0 Å². The van der Waals surface area contributed by atoms with Crippen LogP contribution in [0.2, 0.25) is 0 Å². The standard InChI is InChI=1S/C35H50O21/c1-9-10-43-11-12-44-13-14-45-15-16-46-34-32(52-24(7)41)31(51-23(6)40)29(27(54-34)18-48-20(3)37)56-35-33(53-25(8)42)30(50-22(5)39)28(49-21(4)38)26(55-35)17-47-19(2)36/h1,26-35H,10-18H2,2-8H3/t26-,27-,28+,29-,30+,31+,32-,33-,34-,35+/m1/s1. The van der Waals surface area contributed by atoms with E-state index in [0.717, 1.165) is 48.5 Å². The highest BCUT2D eigenvalue weighted by molar-refractivity contribution is 5.69. The fraction of sp³-hybridized carbons (Fsp3) is 0.743. The van der Waals surface area contributed by atoms with Crippen molar-refractivity contribution >= 4 is 41.8 Å². The summed E-state index contributed by atoms with van der Waals surface area (Å²) in [5.74, 6) is -3.60. The molecule has 2 aliphatic rings. The quantitative estimate of drug-likeness (QED) is 0.0568. The molecule has 0 aromatic carbocycles. The van der Waals surface area contributed by atoms with Crippen LogP contribution in [0.3, 0.4) is 0 Å². The van der Waals surface area contributed by atoms with E-state index in [2.05, 4.69) is 5.92 Å². The topological polar surface area (TPSA) is 249 Å². The Morgan fingerprint density at radius 3 is 1.30 bits per heavy atom. The normalized spacial score (nSPS) is 27.1. The molecule has 0 radical (unpaired) electrons. The largest absolute Gasteiger partial charge is 0.463 e. The van der Waals surface area contributed by atoms with Crippen molar-refractivity contribution in [2.45, 2.75) is 110 Å². The summed E-state index contributed by atoms with van der Waals surface area (Å²) in [6.07, 6.45) is -10.6. The highest BCUT2D eigenvalue weighted by Gasteiger charge is 2.57. The summed E-state index contributed by atoms with van der Waals surface area (Å²) in [6, 6.07) is 0. The van der Waals surface area contributed by atoms with Crippen molar-refractivity contribution in [1.82, 2.24) is 0 Å². The van der Waals surface area contributed by atoms with Gasteiger partial charge in [0, 0.05) is 48.5 Å². The van der Waals surface area contributed by atoms with Crippen molar-refractivity contribution in [3.05, 3.63) is 0 Å². The number of hydrogen-bond donors (Lipinski definition) is 0. The molecule has 2 rings (SSSR count). The molecule has 21 nitrogen and oxygen atoms in total. The minimum atomic E-state index is -1.81. The Kier molecular flexibility index (Phi) is 21.3. The number of esters is 7. The summed E-state index contributed by atoms with van der Waals surface area (Å²) in [6.45, 7) is 7.33. The van der Waals surface area contributed by atoms with Crippen LogP contribution in [-0.4, -0.2) is 163 Å². The Hall–Kier alpha value is -4.43. The Balaban J connectivity index is 2.49. The first-order valence-electron chi connectivity index (χ1n) is 17.4. The van der Waals surface area contributed by atoms with Gasteiger partial charge < -0.3 is 66.3 Å². The molecule has 0 spiro atoms. The third-order valence-corrected chi connectivity index (χ3v) is 7.32. The molecule has 0 N–H and O–H groups in total. The van der Waals surface area contributed by atoms with E-state index in [0.29, 0.717) is 13.2 Å². The molecule has 0 bridgehead atoms. The molecule has 0 aromatic heterocycles. The van der Waals surface area contributed by atoms with Crippen LogP contribution in [0.25, 0.3) is 0 Å². The maximum absolute atomic E-state index is 12.6. The number of carbonyl (C=O) groups is 7. The minimum absolute atomic E-state index is 0.00111. The molecule has 10 atom stereocenters. The van der Waals surface area contributed by atoms with Crippen LogP contribution in [-0.2, 0) is 99.9 Å². The Morgan fingerprint density at radius 1 is 0.464 bits per heavy atom. The van der Waals surface area contributed by atoms with Crippen molar-refractivity contribution < 1.29 is 99.9 Å². The first-order valence-corrected chi connectivity index (χ1v) is 17.4. The van der Waals surface area contributed by atoms with Gasteiger partial charge in [0.2, 0.25) is 0 Å². The minimum Gasteiger partial charge on any atom is -0.463 e. The summed E-state index contributed by atoms with van der Waals surface area (Å²) in [5, 5.41) is 0. The van der Waals surface area contributed by atoms with Gasteiger partial charge in [-0.15, -0.1) is 6.42 Å². The molecule has 2 aliphatic heterocycles. The summed E-state index contributed by atoms with van der Waals surface area (Å²) in [4.78, 5) is 85.6. The van der Waals surface area contributed by atoms with Crippen molar-refractivity contribution in [2.75, 3.05) is 59.5 Å². The lowest BCUT2D eigenvalue weighted by Crippen LogP contribution is -2.67. The van der Waals surface area contributed by atoms with Crippen LogP contribution >= 0.6 is 0 Å². The lowest BCUT2D eigenvalue weighted by Gasteiger charge is -2.48. The Labute approximate surface area is 323 Å². The monoisotopic (exact) mass is 806 g/mol. The van der Waals surface area contributed by atoms with Gasteiger partial charge in [-0.2, -0.15) is 0 Å². The fourth-order valence-corrected chi connectivity index (χ4v) is 5.40. The highest BCUT2D eigenvalue weighted by Crippen LogP contribution is 2.35. The first-order chi connectivity index (χ1) is 26.5. The maximum atomic E-state index is 12.6. The number of carbonyl (C=O) groups excluding carboxylic acids is 7. The first kappa shape index (κ1) is 47.7. The Morgan fingerprint density at radius 2 is 0.839 bits per heavy atom. The summed E-state index contributed by atoms with van der Waals surface area (Å²) >= 11 is 0. The zero-order valence-corrected chi connectivity index (χ0v) is 32.3. The summed E-state index contributed by atoms with van der Waals surface area (Å²) < 4.78 is 78.2. The third-order valence-electron chi connectivity index (χ3n) is 7.32. The molecule has 2 fully saturated rings. The number of rotatable bonds is 22. The maximum Gasteiger partial charge on any atom is 0.303 e. The number of hydrogen-bond acceptors (Lipinski definition) is 21. The van der Waals surface area contributed by atoms with E-state index >= 15 is 0 Å². The molecule has 0 saturated carbocycles. The van der Waals surface area contributed by atoms with Gasteiger partial charge in [0.15, 0.2) is 43.1 Å². The van der Waals surface area contributed by atoms with Crippen LogP contribution in [0.4, 0.5) is 0 Å². The summed E-state index contributed by atoms with van der Waals surface area (Å²) in [7, 11) is 0. The third kappa shape index (κ3) is 17.2. The summed E-state index contributed by atoms with van der Waals surface area (Å²) in [5.41, 5.74) is 0. The van der Waals surface area contributed by atoms with E-state index in [9.17, 15) is 33.6 Å². The van der Waals surface area contributed by atoms with Gasteiger partial charge >= 0.3 is 41.8 Å². The molecule has 0 amide bonds. The predicted octanol–water partition coefficient (Wildman–Crippen LogP) is -0.694. The second kappa shape index (κ2) is 25.0. The van der Waals surface area contributed by atoms with Crippen LogP contribution in [0.1, 0.15) is 48.5 Å². The zero-order valence-electron chi connectivity index (χ0n) is 32.3. The Bertz CT molecular complexity index is 1360. The van der Waals surface area contributed by atoms with Crippen LogP contribution in [0.5, 0.6) is 0 Å².